The molecule has 0 radical (unpaired) electrons. The number of nitrogens with one attached hydrogen (secondary N) is 1. The van der Waals surface area contributed by atoms with Crippen molar-refractivity contribution in [2.45, 2.75) is 31.9 Å². The highest BCUT2D eigenvalue weighted by Gasteiger charge is 2.34. The Labute approximate surface area is 331 Å². The van der Waals surface area contributed by atoms with Crippen molar-refractivity contribution in [1.29, 1.82) is 0 Å². The molecule has 0 unspecified atom stereocenters. The molecule has 0 aliphatic carbocycles. The summed E-state index contributed by atoms with van der Waals surface area (Å²) in [6.45, 7) is 3.69. The molecule has 7 rings (SSSR count). The minimum absolute atomic E-state index is 0. The fourth-order valence-electron chi connectivity index (χ4n) is 6.52. The predicted octanol–water partition coefficient (Wildman–Crippen LogP) is 9.24. The third-order valence-corrected chi connectivity index (χ3v) is 9.17. The number of likely N-dealkylation sites (tertiary alicyclic amines) is 1. The van der Waals surface area contributed by atoms with Crippen LogP contribution >= 0.6 is 24.8 Å². The van der Waals surface area contributed by atoms with Crippen molar-refractivity contribution in [3.8, 4) is 28.7 Å². The van der Waals surface area contributed by atoms with Crippen LogP contribution < -0.4 is 25.0 Å². The van der Waals surface area contributed by atoms with Crippen LogP contribution in [0.1, 0.15) is 41.7 Å². The van der Waals surface area contributed by atoms with Crippen molar-refractivity contribution in [2.24, 2.45) is 0 Å². The summed E-state index contributed by atoms with van der Waals surface area (Å²) in [6, 6.07) is 19.2. The maximum absolute atomic E-state index is 15.5. The molecule has 1 aliphatic heterocycles. The van der Waals surface area contributed by atoms with Crippen LogP contribution in [0.15, 0.2) is 95.9 Å². The lowest BCUT2D eigenvalue weighted by molar-refractivity contribution is -0.137. The van der Waals surface area contributed by atoms with E-state index in [-0.39, 0.29) is 58.6 Å². The van der Waals surface area contributed by atoms with Crippen LogP contribution in [0.5, 0.6) is 23.0 Å². The lowest BCUT2D eigenvalue weighted by Crippen LogP contribution is -2.31. The summed E-state index contributed by atoms with van der Waals surface area (Å²) >= 11 is 0. The van der Waals surface area contributed by atoms with E-state index in [1.807, 2.05) is 0 Å². The number of methoxy groups -OCH3 is 1. The molecule has 1 aliphatic rings. The lowest BCUT2D eigenvalue weighted by Gasteiger charge is -2.26. The van der Waals surface area contributed by atoms with E-state index < -0.39 is 34.6 Å². The summed E-state index contributed by atoms with van der Waals surface area (Å²) < 4.78 is 75.9. The predicted molar refractivity (Wildman–Crippen MR) is 210 cm³/mol. The second kappa shape index (κ2) is 18.0. The zero-order valence-electron chi connectivity index (χ0n) is 30.0. The zero-order chi connectivity index (χ0) is 37.8. The number of hydrogen-bond acceptors (Lipinski definition) is 8. The number of nitrogens with zero attached hydrogens (tertiary/aromatic N) is 4. The number of anilines is 1. The zero-order valence-corrected chi connectivity index (χ0v) is 31.6. The molecule has 0 atom stereocenters. The molecule has 1 amide bonds. The van der Waals surface area contributed by atoms with E-state index >= 15 is 4.39 Å². The van der Waals surface area contributed by atoms with Gasteiger partial charge in [-0.25, -0.2) is 9.07 Å². The number of carbonyl (C=O) groups excluding carboxylic acids is 1. The third kappa shape index (κ3) is 8.99. The summed E-state index contributed by atoms with van der Waals surface area (Å²) in [5, 5.41) is 7.02. The molecule has 1 N–H and O–H groups in total. The fraction of sp³-hybridized carbons (Fsp3) is 0.250. The average molecular weight is 815 g/mol. The number of ether oxygens (including phenoxy) is 3. The van der Waals surface area contributed by atoms with Gasteiger partial charge in [0.2, 0.25) is 5.43 Å². The van der Waals surface area contributed by atoms with Gasteiger partial charge in [0.15, 0.2) is 28.8 Å². The highest BCUT2D eigenvalue weighted by atomic mass is 35.5. The molecule has 0 saturated carbocycles. The third-order valence-electron chi connectivity index (χ3n) is 9.17. The maximum Gasteiger partial charge on any atom is 0.418 e. The molecule has 3 heterocycles. The van der Waals surface area contributed by atoms with Gasteiger partial charge in [-0.15, -0.1) is 24.8 Å². The Balaban J connectivity index is 0.00000300. The highest BCUT2D eigenvalue weighted by molar-refractivity contribution is 6.04. The van der Waals surface area contributed by atoms with E-state index in [0.717, 1.165) is 42.9 Å². The van der Waals surface area contributed by atoms with Gasteiger partial charge >= 0.3 is 6.18 Å². The van der Waals surface area contributed by atoms with E-state index in [9.17, 15) is 22.8 Å². The Hall–Kier alpha value is -5.44. The number of halogens is 6. The van der Waals surface area contributed by atoms with Gasteiger partial charge in [-0.2, -0.15) is 18.3 Å². The molecule has 0 spiro atoms. The maximum atomic E-state index is 15.5. The van der Waals surface area contributed by atoms with Gasteiger partial charge in [0, 0.05) is 35.9 Å². The lowest BCUT2D eigenvalue weighted by atomic mass is 10.1. The van der Waals surface area contributed by atoms with Crippen molar-refractivity contribution in [3.63, 3.8) is 0 Å². The molecule has 294 valence electrons. The van der Waals surface area contributed by atoms with Crippen LogP contribution in [0.2, 0.25) is 0 Å². The largest absolute Gasteiger partial charge is 0.493 e. The van der Waals surface area contributed by atoms with Crippen molar-refractivity contribution >= 4 is 58.2 Å². The van der Waals surface area contributed by atoms with Crippen LogP contribution in [0.25, 0.3) is 27.5 Å². The summed E-state index contributed by atoms with van der Waals surface area (Å²) in [5.41, 5.74) is -2.33. The summed E-state index contributed by atoms with van der Waals surface area (Å²) in [7, 11) is 1.52. The highest BCUT2D eigenvalue weighted by Crippen LogP contribution is 2.38. The Kier molecular flexibility index (Phi) is 13.4. The smallest absolute Gasteiger partial charge is 0.418 e. The minimum atomic E-state index is -4.75. The van der Waals surface area contributed by atoms with Crippen LogP contribution in [-0.2, 0) is 6.18 Å². The van der Waals surface area contributed by atoms with Crippen LogP contribution in [0.4, 0.5) is 23.2 Å². The molecule has 6 aromatic rings. The number of benzene rings is 4. The standard InChI is InChI=1S/C40H35F4N5O5.2ClH/c1-52-35-23-27-30(24-36(35)53-21-9-20-48-18-7-2-8-19-48)45-17-16-33(27)54-34-15-14-25(22-29(34)41)46-39(51)37-38(50)26-10-3-5-12-31(26)49(47-37)32-13-6-4-11-28(32)40(42,43)44;;/h3-6,10-17,22-24H,2,7-9,18-21H2,1H3,(H,46,51);2*1H. The first-order valence-corrected chi connectivity index (χ1v) is 17.4. The second-order valence-electron chi connectivity index (χ2n) is 12.8. The van der Waals surface area contributed by atoms with Gasteiger partial charge < -0.3 is 24.4 Å². The Morgan fingerprint density at radius 1 is 0.857 bits per heavy atom. The fourth-order valence-corrected chi connectivity index (χ4v) is 6.52. The van der Waals surface area contributed by atoms with E-state index in [4.69, 9.17) is 14.2 Å². The molecule has 56 heavy (non-hydrogen) atoms. The molecular formula is C40H37Cl2F4N5O5. The topological polar surface area (TPSA) is 108 Å². The van der Waals surface area contributed by atoms with Gasteiger partial charge in [-0.05, 0) is 80.9 Å². The number of aromatic nitrogens is 3. The monoisotopic (exact) mass is 813 g/mol. The molecule has 4 aromatic carbocycles. The number of alkyl halides is 3. The second-order valence-corrected chi connectivity index (χ2v) is 12.8. The first-order chi connectivity index (χ1) is 26.1. The van der Waals surface area contributed by atoms with Crippen molar-refractivity contribution in [3.05, 3.63) is 118 Å². The number of piperidine rings is 1. The van der Waals surface area contributed by atoms with Gasteiger partial charge in [-0.3, -0.25) is 14.6 Å². The Morgan fingerprint density at radius 2 is 1.61 bits per heavy atom. The number of hydrogen-bond donors (Lipinski definition) is 1. The van der Waals surface area contributed by atoms with E-state index in [1.54, 1.807) is 18.2 Å². The van der Waals surface area contributed by atoms with Crippen LogP contribution in [0, 0.1) is 5.82 Å². The molecule has 16 heteroatoms. The van der Waals surface area contributed by atoms with Gasteiger partial charge in [-0.1, -0.05) is 30.7 Å². The average Bonchev–Trinajstić information content (AvgIpc) is 3.17. The van der Waals surface area contributed by atoms with E-state index in [1.165, 1.54) is 87.2 Å². The first-order valence-electron chi connectivity index (χ1n) is 17.4. The summed E-state index contributed by atoms with van der Waals surface area (Å²) in [6.07, 6.45) is 1.37. The normalized spacial score (nSPS) is 13.1. The Morgan fingerprint density at radius 3 is 2.36 bits per heavy atom. The van der Waals surface area contributed by atoms with Gasteiger partial charge in [0.25, 0.3) is 5.91 Å². The van der Waals surface area contributed by atoms with E-state index in [2.05, 4.69) is 20.3 Å². The first kappa shape index (κ1) is 41.7. The molecule has 2 aromatic heterocycles. The number of rotatable bonds is 11. The van der Waals surface area contributed by atoms with Crippen LogP contribution in [0.3, 0.4) is 0 Å². The number of pyridine rings is 1. The number of carbonyl (C=O) groups is 1. The summed E-state index contributed by atoms with van der Waals surface area (Å²) in [4.78, 5) is 33.7. The molecule has 1 saturated heterocycles. The SMILES string of the molecule is COc1cc2c(Oc3ccc(NC(=O)c4nn(-c5ccccc5C(F)(F)F)c5ccccc5c4=O)cc3F)ccnc2cc1OCCCN1CCCCC1.Cl.Cl. The molecule has 1 fully saturated rings. The van der Waals surface area contributed by atoms with Crippen LogP contribution in [-0.4, -0.2) is 58.9 Å². The molecule has 0 bridgehead atoms. The Bertz CT molecular complexity index is 2410. The number of amides is 1. The van der Waals surface area contributed by atoms with Crippen molar-refractivity contribution in [2.75, 3.05) is 38.7 Å². The van der Waals surface area contributed by atoms with Crippen molar-refractivity contribution in [1.82, 2.24) is 19.7 Å². The molecule has 10 nitrogen and oxygen atoms in total. The van der Waals surface area contributed by atoms with E-state index in [0.29, 0.717) is 29.0 Å². The van der Waals surface area contributed by atoms with Crippen molar-refractivity contribution < 1.29 is 36.6 Å². The number of para-hydroxylation sites is 2. The number of fused-ring (bicyclic) bond motifs is 2. The summed E-state index contributed by atoms with van der Waals surface area (Å²) in [5.74, 6) is -0.801. The molecular weight excluding hydrogens is 777 g/mol. The van der Waals surface area contributed by atoms with Gasteiger partial charge in [0.05, 0.1) is 41.4 Å². The minimum Gasteiger partial charge on any atom is -0.493 e. The van der Waals surface area contributed by atoms with Gasteiger partial charge in [0.1, 0.15) is 5.75 Å². The quantitative estimate of drug-likeness (QED) is 0.102.